The topological polar surface area (TPSA) is 65.1 Å². The highest BCUT2D eigenvalue weighted by molar-refractivity contribution is 7.89. The van der Waals surface area contributed by atoms with Gasteiger partial charge in [-0.25, -0.2) is 8.42 Å². The molecule has 7 heteroatoms. The molecule has 0 radical (unpaired) electrons. The molecule has 2 heterocycles. The van der Waals surface area contributed by atoms with Gasteiger partial charge in [0, 0.05) is 25.8 Å². The zero-order chi connectivity index (χ0) is 15.9. The van der Waals surface area contributed by atoms with Crippen LogP contribution >= 0.6 is 0 Å². The summed E-state index contributed by atoms with van der Waals surface area (Å²) in [6, 6.07) is 4.81. The van der Waals surface area contributed by atoms with Gasteiger partial charge in [-0.15, -0.1) is 0 Å². The number of benzene rings is 1. The van der Waals surface area contributed by atoms with Crippen molar-refractivity contribution in [2.75, 3.05) is 32.9 Å². The second-order valence-electron chi connectivity index (χ2n) is 6.36. The van der Waals surface area contributed by atoms with E-state index in [-0.39, 0.29) is 11.0 Å². The zero-order valence-electron chi connectivity index (χ0n) is 12.9. The minimum absolute atomic E-state index is 0.0163. The van der Waals surface area contributed by atoms with Crippen LogP contribution in [0.25, 0.3) is 0 Å². The first-order valence-electron chi connectivity index (χ1n) is 8.14. The Kier molecular flexibility index (Phi) is 3.95. The molecule has 0 aromatic heterocycles. The highest BCUT2D eigenvalue weighted by atomic mass is 32.2. The summed E-state index contributed by atoms with van der Waals surface area (Å²) in [5.41, 5.74) is 0. The lowest BCUT2D eigenvalue weighted by Gasteiger charge is -2.21. The van der Waals surface area contributed by atoms with Crippen LogP contribution in [0.15, 0.2) is 23.1 Å². The van der Waals surface area contributed by atoms with E-state index in [2.05, 4.69) is 0 Å². The van der Waals surface area contributed by atoms with E-state index in [1.807, 2.05) is 0 Å². The molecule has 2 aliphatic heterocycles. The Morgan fingerprint density at radius 2 is 1.91 bits per heavy atom. The van der Waals surface area contributed by atoms with Gasteiger partial charge in [0.05, 0.1) is 11.0 Å². The molecule has 0 spiro atoms. The number of fused-ring (bicyclic) bond motifs is 1. The average molecular weight is 339 g/mol. The molecule has 0 bridgehead atoms. The van der Waals surface area contributed by atoms with Gasteiger partial charge in [0.1, 0.15) is 13.2 Å². The van der Waals surface area contributed by atoms with Crippen LogP contribution in [0.5, 0.6) is 11.5 Å². The summed E-state index contributed by atoms with van der Waals surface area (Å²) in [7, 11) is -3.51. The van der Waals surface area contributed by atoms with E-state index in [1.54, 1.807) is 18.2 Å². The van der Waals surface area contributed by atoms with E-state index in [1.165, 1.54) is 17.1 Å². The quantitative estimate of drug-likeness (QED) is 0.816. The lowest BCUT2D eigenvalue weighted by molar-refractivity contribution is 0.0561. The number of rotatable bonds is 5. The van der Waals surface area contributed by atoms with Gasteiger partial charge in [0.15, 0.2) is 11.5 Å². The van der Waals surface area contributed by atoms with Crippen molar-refractivity contribution in [2.24, 2.45) is 5.92 Å². The maximum Gasteiger partial charge on any atom is 0.243 e. The van der Waals surface area contributed by atoms with Crippen LogP contribution < -0.4 is 9.47 Å². The molecule has 0 N–H and O–H groups in total. The van der Waals surface area contributed by atoms with Gasteiger partial charge in [-0.05, 0) is 37.3 Å². The van der Waals surface area contributed by atoms with E-state index in [0.29, 0.717) is 43.7 Å². The van der Waals surface area contributed by atoms with Crippen LogP contribution in [-0.4, -0.2) is 51.7 Å². The smallest absolute Gasteiger partial charge is 0.243 e. The van der Waals surface area contributed by atoms with E-state index in [0.717, 1.165) is 13.0 Å². The molecule has 1 unspecified atom stereocenters. The van der Waals surface area contributed by atoms with Crippen LogP contribution in [0.3, 0.4) is 0 Å². The normalized spacial score (nSPS) is 24.8. The summed E-state index contributed by atoms with van der Waals surface area (Å²) in [6.45, 7) is 2.64. The summed E-state index contributed by atoms with van der Waals surface area (Å²) < 4.78 is 43.8. The maximum atomic E-state index is 12.8. The largest absolute Gasteiger partial charge is 0.486 e. The molecular weight excluding hydrogens is 318 g/mol. The molecule has 1 aromatic carbocycles. The number of sulfonamides is 1. The third-order valence-corrected chi connectivity index (χ3v) is 6.38. The third-order valence-electron chi connectivity index (χ3n) is 4.52. The lowest BCUT2D eigenvalue weighted by Crippen LogP contribution is -2.30. The molecule has 1 saturated heterocycles. The third kappa shape index (κ3) is 3.18. The fraction of sp³-hybridized carbons (Fsp3) is 0.625. The van der Waals surface area contributed by atoms with Crippen LogP contribution in [-0.2, 0) is 14.8 Å². The van der Waals surface area contributed by atoms with Gasteiger partial charge in [-0.2, -0.15) is 4.31 Å². The van der Waals surface area contributed by atoms with Crippen LogP contribution in [0.4, 0.5) is 0 Å². The molecule has 1 aromatic rings. The summed E-state index contributed by atoms with van der Waals surface area (Å²) >= 11 is 0. The predicted octanol–water partition coefficient (Wildman–Crippen LogP) is 1.65. The van der Waals surface area contributed by atoms with Gasteiger partial charge in [0.25, 0.3) is 0 Å². The molecule has 1 atom stereocenters. The Hall–Kier alpha value is -1.31. The molecule has 4 rings (SSSR count). The van der Waals surface area contributed by atoms with Gasteiger partial charge < -0.3 is 14.2 Å². The number of nitrogens with zero attached hydrogens (tertiary/aromatic N) is 1. The number of hydrogen-bond donors (Lipinski definition) is 0. The van der Waals surface area contributed by atoms with Crippen molar-refractivity contribution in [3.63, 3.8) is 0 Å². The van der Waals surface area contributed by atoms with Crippen molar-refractivity contribution in [3.05, 3.63) is 18.2 Å². The molecule has 2 fully saturated rings. The van der Waals surface area contributed by atoms with Crippen LogP contribution in [0.1, 0.15) is 19.3 Å². The van der Waals surface area contributed by atoms with Crippen molar-refractivity contribution >= 4 is 10.0 Å². The Labute approximate surface area is 136 Å². The van der Waals surface area contributed by atoms with E-state index in [9.17, 15) is 8.42 Å². The van der Waals surface area contributed by atoms with Crippen molar-refractivity contribution in [1.29, 1.82) is 0 Å². The number of ether oxygens (including phenoxy) is 3. The Morgan fingerprint density at radius 3 is 2.70 bits per heavy atom. The fourth-order valence-corrected chi connectivity index (χ4v) is 4.44. The summed E-state index contributed by atoms with van der Waals surface area (Å²) in [5, 5.41) is 0. The van der Waals surface area contributed by atoms with Crippen molar-refractivity contribution < 1.29 is 22.6 Å². The Balaban J connectivity index is 1.46. The first-order chi connectivity index (χ1) is 11.1. The minimum atomic E-state index is -3.51. The Morgan fingerprint density at radius 1 is 1.13 bits per heavy atom. The zero-order valence-corrected chi connectivity index (χ0v) is 13.8. The molecule has 0 amide bonds. The van der Waals surface area contributed by atoms with Crippen molar-refractivity contribution in [3.8, 4) is 11.5 Å². The SMILES string of the molecule is O=S(=O)(c1ccc2c(c1)OCCO2)N1CCC(OCC2CC2)C1. The molecule has 1 aliphatic carbocycles. The second kappa shape index (κ2) is 5.96. The first kappa shape index (κ1) is 15.2. The minimum Gasteiger partial charge on any atom is -0.486 e. The lowest BCUT2D eigenvalue weighted by atomic mass is 10.3. The van der Waals surface area contributed by atoms with Gasteiger partial charge >= 0.3 is 0 Å². The van der Waals surface area contributed by atoms with Crippen molar-refractivity contribution in [2.45, 2.75) is 30.3 Å². The maximum absolute atomic E-state index is 12.8. The highest BCUT2D eigenvalue weighted by Crippen LogP contribution is 2.34. The molecule has 23 heavy (non-hydrogen) atoms. The van der Waals surface area contributed by atoms with Gasteiger partial charge in [0.2, 0.25) is 10.0 Å². The number of hydrogen-bond acceptors (Lipinski definition) is 5. The summed E-state index contributed by atoms with van der Waals surface area (Å²) in [6.07, 6.45) is 3.26. The molecule has 6 nitrogen and oxygen atoms in total. The predicted molar refractivity (Wildman–Crippen MR) is 83.3 cm³/mol. The van der Waals surface area contributed by atoms with Crippen LogP contribution in [0.2, 0.25) is 0 Å². The average Bonchev–Trinajstić information content (AvgIpc) is 3.27. The second-order valence-corrected chi connectivity index (χ2v) is 8.29. The molecular formula is C16H21NO5S. The van der Waals surface area contributed by atoms with Gasteiger partial charge in [-0.3, -0.25) is 0 Å². The van der Waals surface area contributed by atoms with Gasteiger partial charge in [-0.1, -0.05) is 0 Å². The monoisotopic (exact) mass is 339 g/mol. The summed E-state index contributed by atoms with van der Waals surface area (Å²) in [4.78, 5) is 0.254. The first-order valence-corrected chi connectivity index (χ1v) is 9.58. The fourth-order valence-electron chi connectivity index (χ4n) is 2.94. The standard InChI is InChI=1S/C16H21NO5S/c18-23(19,14-3-4-15-16(9-14)21-8-7-20-15)17-6-5-13(10-17)22-11-12-1-2-12/h3-4,9,12-13H,1-2,5-8,10-11H2. The van der Waals surface area contributed by atoms with E-state index in [4.69, 9.17) is 14.2 Å². The van der Waals surface area contributed by atoms with E-state index >= 15 is 0 Å². The molecule has 126 valence electrons. The van der Waals surface area contributed by atoms with Crippen molar-refractivity contribution in [1.82, 2.24) is 4.31 Å². The molecule has 3 aliphatic rings. The molecule has 1 saturated carbocycles. The summed E-state index contributed by atoms with van der Waals surface area (Å²) in [5.74, 6) is 1.79. The highest BCUT2D eigenvalue weighted by Gasteiger charge is 2.34. The van der Waals surface area contributed by atoms with Crippen LogP contribution in [0, 0.1) is 5.92 Å². The van der Waals surface area contributed by atoms with E-state index < -0.39 is 10.0 Å². The Bertz CT molecular complexity index is 686.